The Balaban J connectivity index is 2.09. The molecule has 2 rings (SSSR count). The Morgan fingerprint density at radius 1 is 1.53 bits per heavy atom. The van der Waals surface area contributed by atoms with E-state index in [-0.39, 0.29) is 12.6 Å². The second-order valence-corrected chi connectivity index (χ2v) is 4.81. The summed E-state index contributed by atoms with van der Waals surface area (Å²) >= 11 is 0. The normalized spacial score (nSPS) is 24.8. The first-order valence-corrected chi connectivity index (χ1v) is 6.17. The zero-order chi connectivity index (χ0) is 12.3. The highest BCUT2D eigenvalue weighted by Gasteiger charge is 2.27. The van der Waals surface area contributed by atoms with Gasteiger partial charge >= 0.3 is 0 Å². The zero-order valence-electron chi connectivity index (χ0n) is 10.6. The van der Waals surface area contributed by atoms with Crippen molar-refractivity contribution in [3.8, 4) is 0 Å². The molecule has 0 aromatic carbocycles. The molecule has 17 heavy (non-hydrogen) atoms. The molecule has 1 saturated heterocycles. The molecule has 1 fully saturated rings. The van der Waals surface area contributed by atoms with Crippen molar-refractivity contribution >= 4 is 0 Å². The summed E-state index contributed by atoms with van der Waals surface area (Å²) in [6, 6.07) is 4.59. The van der Waals surface area contributed by atoms with Crippen LogP contribution in [-0.2, 0) is 0 Å². The van der Waals surface area contributed by atoms with Gasteiger partial charge in [-0.1, -0.05) is 6.07 Å². The van der Waals surface area contributed by atoms with Crippen molar-refractivity contribution in [1.29, 1.82) is 0 Å². The maximum atomic E-state index is 9.60. The van der Waals surface area contributed by atoms with Crippen LogP contribution < -0.4 is 0 Å². The molecule has 0 spiro atoms. The number of hydrogen-bond acceptors (Lipinski definition) is 4. The lowest BCUT2D eigenvalue weighted by Crippen LogP contribution is -2.51. The first-order chi connectivity index (χ1) is 8.22. The van der Waals surface area contributed by atoms with E-state index in [1.807, 2.05) is 18.3 Å². The third-order valence-corrected chi connectivity index (χ3v) is 3.67. The topological polar surface area (TPSA) is 39.6 Å². The van der Waals surface area contributed by atoms with Gasteiger partial charge in [-0.15, -0.1) is 0 Å². The number of likely N-dealkylation sites (N-methyl/N-ethyl adjacent to an activating group) is 1. The highest BCUT2D eigenvalue weighted by atomic mass is 16.3. The number of aliphatic hydroxyl groups excluding tert-OH is 1. The minimum absolute atomic E-state index is 0.0832. The van der Waals surface area contributed by atoms with E-state index < -0.39 is 0 Å². The average molecular weight is 235 g/mol. The fourth-order valence-corrected chi connectivity index (χ4v) is 2.36. The van der Waals surface area contributed by atoms with Gasteiger partial charge in [0.2, 0.25) is 0 Å². The maximum Gasteiger partial charge on any atom is 0.0629 e. The molecule has 2 heterocycles. The van der Waals surface area contributed by atoms with Crippen LogP contribution in [-0.4, -0.2) is 59.2 Å². The van der Waals surface area contributed by atoms with Crippen molar-refractivity contribution < 1.29 is 5.11 Å². The summed E-state index contributed by atoms with van der Waals surface area (Å²) in [4.78, 5) is 8.84. The number of aliphatic hydroxyl groups is 1. The van der Waals surface area contributed by atoms with Crippen molar-refractivity contribution in [2.75, 3.05) is 33.3 Å². The van der Waals surface area contributed by atoms with E-state index in [4.69, 9.17) is 0 Å². The van der Waals surface area contributed by atoms with E-state index in [1.165, 1.54) is 0 Å². The Morgan fingerprint density at radius 2 is 2.35 bits per heavy atom. The second kappa shape index (κ2) is 5.58. The van der Waals surface area contributed by atoms with Crippen molar-refractivity contribution in [2.24, 2.45) is 0 Å². The summed E-state index contributed by atoms with van der Waals surface area (Å²) in [5.41, 5.74) is 1.10. The Morgan fingerprint density at radius 3 is 2.94 bits per heavy atom. The van der Waals surface area contributed by atoms with Gasteiger partial charge in [0.15, 0.2) is 0 Å². The summed E-state index contributed by atoms with van der Waals surface area (Å²) in [6.45, 7) is 5.43. The lowest BCUT2D eigenvalue weighted by molar-refractivity contribution is 0.0462. The van der Waals surface area contributed by atoms with E-state index in [0.29, 0.717) is 6.04 Å². The summed E-state index contributed by atoms with van der Waals surface area (Å²) < 4.78 is 0. The summed E-state index contributed by atoms with van der Waals surface area (Å²) in [6.07, 6.45) is 3.62. The van der Waals surface area contributed by atoms with Crippen LogP contribution in [0.5, 0.6) is 0 Å². The number of hydrogen-bond donors (Lipinski definition) is 1. The molecule has 1 aliphatic heterocycles. The van der Waals surface area contributed by atoms with Gasteiger partial charge in [-0.3, -0.25) is 9.88 Å². The Hall–Kier alpha value is -0.970. The number of rotatable bonds is 3. The van der Waals surface area contributed by atoms with Crippen molar-refractivity contribution in [2.45, 2.75) is 19.0 Å². The van der Waals surface area contributed by atoms with Gasteiger partial charge in [0.1, 0.15) is 0 Å². The summed E-state index contributed by atoms with van der Waals surface area (Å²) in [5.74, 6) is 0. The molecular formula is C13H21N3O. The lowest BCUT2D eigenvalue weighted by Gasteiger charge is -2.41. The third-order valence-electron chi connectivity index (χ3n) is 3.67. The SMILES string of the molecule is C[C@@H]1CN([C@H](CO)c2cccnc2)CCN1C. The van der Waals surface area contributed by atoms with E-state index in [2.05, 4.69) is 28.8 Å². The highest BCUT2D eigenvalue weighted by molar-refractivity contribution is 5.14. The molecule has 4 nitrogen and oxygen atoms in total. The lowest BCUT2D eigenvalue weighted by atomic mass is 10.1. The molecule has 4 heteroatoms. The van der Waals surface area contributed by atoms with Gasteiger partial charge in [0.25, 0.3) is 0 Å². The van der Waals surface area contributed by atoms with E-state index in [1.54, 1.807) is 6.20 Å². The van der Waals surface area contributed by atoms with Gasteiger partial charge < -0.3 is 10.0 Å². The number of piperazine rings is 1. The van der Waals surface area contributed by atoms with Gasteiger partial charge in [0.05, 0.1) is 12.6 Å². The Labute approximate surface area is 103 Å². The molecule has 0 radical (unpaired) electrons. The molecule has 1 aromatic heterocycles. The van der Waals surface area contributed by atoms with Crippen molar-refractivity contribution in [1.82, 2.24) is 14.8 Å². The summed E-state index contributed by atoms with van der Waals surface area (Å²) in [5, 5.41) is 9.60. The smallest absolute Gasteiger partial charge is 0.0629 e. The van der Waals surface area contributed by atoms with Crippen molar-refractivity contribution in [3.05, 3.63) is 30.1 Å². The van der Waals surface area contributed by atoms with Crippen LogP contribution in [0.25, 0.3) is 0 Å². The van der Waals surface area contributed by atoms with E-state index in [9.17, 15) is 5.11 Å². The fraction of sp³-hybridized carbons (Fsp3) is 0.615. The first-order valence-electron chi connectivity index (χ1n) is 6.17. The molecule has 0 amide bonds. The molecule has 1 N–H and O–H groups in total. The third kappa shape index (κ3) is 2.83. The van der Waals surface area contributed by atoms with E-state index in [0.717, 1.165) is 25.2 Å². The van der Waals surface area contributed by atoms with Gasteiger partial charge in [-0.2, -0.15) is 0 Å². The molecular weight excluding hydrogens is 214 g/mol. The second-order valence-electron chi connectivity index (χ2n) is 4.81. The molecule has 94 valence electrons. The van der Waals surface area contributed by atoms with Gasteiger partial charge in [-0.05, 0) is 25.6 Å². The molecule has 0 bridgehead atoms. The minimum Gasteiger partial charge on any atom is -0.394 e. The van der Waals surface area contributed by atoms with Crippen molar-refractivity contribution in [3.63, 3.8) is 0 Å². The number of aromatic nitrogens is 1. The van der Waals surface area contributed by atoms with Crippen LogP contribution in [0.1, 0.15) is 18.5 Å². The summed E-state index contributed by atoms with van der Waals surface area (Å²) in [7, 11) is 2.15. The average Bonchev–Trinajstić information content (AvgIpc) is 2.36. The fourth-order valence-electron chi connectivity index (χ4n) is 2.36. The largest absolute Gasteiger partial charge is 0.394 e. The molecule has 1 aliphatic rings. The predicted octanol–water partition coefficient (Wildman–Crippen LogP) is 0.751. The molecule has 0 aliphatic carbocycles. The van der Waals surface area contributed by atoms with Crippen LogP contribution in [0.3, 0.4) is 0 Å². The standard InChI is InChI=1S/C13H21N3O/c1-11-9-16(7-6-15(11)2)13(10-17)12-4-3-5-14-8-12/h3-5,8,11,13,17H,6-7,9-10H2,1-2H3/t11-,13-/m1/s1. The zero-order valence-corrected chi connectivity index (χ0v) is 10.6. The number of pyridine rings is 1. The Bertz CT molecular complexity index is 344. The monoisotopic (exact) mass is 235 g/mol. The Kier molecular flexibility index (Phi) is 4.10. The van der Waals surface area contributed by atoms with Crippen LogP contribution in [0, 0.1) is 0 Å². The minimum atomic E-state index is 0.0832. The molecule has 0 unspecified atom stereocenters. The quantitative estimate of drug-likeness (QED) is 0.839. The molecule has 0 saturated carbocycles. The maximum absolute atomic E-state index is 9.60. The highest BCUT2D eigenvalue weighted by Crippen LogP contribution is 2.22. The molecule has 1 aromatic rings. The van der Waals surface area contributed by atoms with Crippen LogP contribution in [0.15, 0.2) is 24.5 Å². The van der Waals surface area contributed by atoms with Crippen LogP contribution in [0.4, 0.5) is 0 Å². The first kappa shape index (κ1) is 12.5. The number of nitrogens with zero attached hydrogens (tertiary/aromatic N) is 3. The van der Waals surface area contributed by atoms with E-state index >= 15 is 0 Å². The van der Waals surface area contributed by atoms with Crippen LogP contribution >= 0.6 is 0 Å². The van der Waals surface area contributed by atoms with Crippen LogP contribution in [0.2, 0.25) is 0 Å². The molecule has 2 atom stereocenters. The van der Waals surface area contributed by atoms with Gasteiger partial charge in [-0.25, -0.2) is 0 Å². The van der Waals surface area contributed by atoms with Gasteiger partial charge in [0, 0.05) is 38.1 Å². The predicted molar refractivity (Wildman–Crippen MR) is 67.7 cm³/mol.